The Morgan fingerprint density at radius 3 is 2.80 bits per heavy atom. The summed E-state index contributed by atoms with van der Waals surface area (Å²) in [5, 5.41) is 8.80. The van der Waals surface area contributed by atoms with Gasteiger partial charge in [-0.05, 0) is 20.8 Å². The van der Waals surface area contributed by atoms with E-state index in [1.807, 2.05) is 13.8 Å². The maximum atomic E-state index is 11.7. The first-order chi connectivity index (χ1) is 9.52. The molecule has 106 valence electrons. The highest BCUT2D eigenvalue weighted by Gasteiger charge is 2.18. The van der Waals surface area contributed by atoms with E-state index in [9.17, 15) is 4.79 Å². The van der Waals surface area contributed by atoms with Crippen LogP contribution in [0, 0.1) is 20.8 Å². The van der Waals surface area contributed by atoms with Gasteiger partial charge in [0.25, 0.3) is 0 Å². The predicted molar refractivity (Wildman–Crippen MR) is 75.9 cm³/mol. The predicted octanol–water partition coefficient (Wildman–Crippen LogP) is 2.05. The summed E-state index contributed by atoms with van der Waals surface area (Å²) in [5.41, 5.74) is 1.93. The molecule has 0 fully saturated rings. The second-order valence-electron chi connectivity index (χ2n) is 4.32. The van der Waals surface area contributed by atoms with Crippen LogP contribution in [0.15, 0.2) is 12.7 Å². The summed E-state index contributed by atoms with van der Waals surface area (Å²) in [7, 11) is 0. The highest BCUT2D eigenvalue weighted by atomic mass is 32.1. The molecule has 0 aliphatic heterocycles. The van der Waals surface area contributed by atoms with Gasteiger partial charge in [0.15, 0.2) is 5.69 Å². The van der Waals surface area contributed by atoms with Gasteiger partial charge in [-0.3, -0.25) is 0 Å². The molecule has 2 heterocycles. The minimum atomic E-state index is -0.486. The van der Waals surface area contributed by atoms with E-state index >= 15 is 0 Å². The third-order valence-electron chi connectivity index (χ3n) is 2.87. The number of rotatable bonds is 5. The van der Waals surface area contributed by atoms with E-state index in [-0.39, 0.29) is 12.3 Å². The van der Waals surface area contributed by atoms with E-state index in [1.54, 1.807) is 22.9 Å². The smallest absolute Gasteiger partial charge is 0.361 e. The van der Waals surface area contributed by atoms with Gasteiger partial charge in [0, 0.05) is 4.88 Å². The van der Waals surface area contributed by atoms with Gasteiger partial charge in [-0.25, -0.2) is 14.5 Å². The molecule has 2 rings (SSSR count). The van der Waals surface area contributed by atoms with Crippen molar-refractivity contribution in [2.45, 2.75) is 27.3 Å². The van der Waals surface area contributed by atoms with Crippen molar-refractivity contribution in [1.82, 2.24) is 20.0 Å². The zero-order chi connectivity index (χ0) is 14.7. The van der Waals surface area contributed by atoms with E-state index in [2.05, 4.69) is 21.9 Å². The Balaban J connectivity index is 2.16. The van der Waals surface area contributed by atoms with Crippen LogP contribution in [-0.2, 0) is 11.3 Å². The molecule has 20 heavy (non-hydrogen) atoms. The van der Waals surface area contributed by atoms with Crippen LogP contribution >= 0.6 is 11.3 Å². The minimum absolute atomic E-state index is 0.163. The summed E-state index contributed by atoms with van der Waals surface area (Å²) in [6, 6.07) is 0. The van der Waals surface area contributed by atoms with Crippen LogP contribution in [0.3, 0.4) is 0 Å². The molecule has 0 N–H and O–H groups in total. The zero-order valence-electron chi connectivity index (χ0n) is 11.7. The third-order valence-corrected chi connectivity index (χ3v) is 3.92. The number of aryl methyl sites for hydroxylation is 2. The molecule has 2 aromatic rings. The normalized spacial score (nSPS) is 10.6. The molecule has 0 aromatic carbocycles. The van der Waals surface area contributed by atoms with Crippen molar-refractivity contribution >= 4 is 17.3 Å². The number of aromatic nitrogens is 4. The van der Waals surface area contributed by atoms with Gasteiger partial charge in [-0.2, -0.15) is 0 Å². The maximum Gasteiger partial charge on any atom is 0.361 e. The number of hydrogen-bond donors (Lipinski definition) is 0. The van der Waals surface area contributed by atoms with Crippen molar-refractivity contribution in [3.63, 3.8) is 0 Å². The minimum Gasteiger partial charge on any atom is -0.457 e. The number of thiazole rings is 1. The maximum absolute atomic E-state index is 11.7. The monoisotopic (exact) mass is 292 g/mol. The van der Waals surface area contributed by atoms with Gasteiger partial charge in [0.2, 0.25) is 0 Å². The fourth-order valence-electron chi connectivity index (χ4n) is 1.64. The summed E-state index contributed by atoms with van der Waals surface area (Å²) in [6.07, 6.45) is 1.51. The average molecular weight is 292 g/mol. The summed E-state index contributed by atoms with van der Waals surface area (Å²) in [5.74, 6) is -0.486. The second-order valence-corrected chi connectivity index (χ2v) is 5.61. The quantitative estimate of drug-likeness (QED) is 0.623. The molecular weight excluding hydrogens is 276 g/mol. The standard InChI is InChI=1S/C13H16N4O2S/c1-5-6-19-13(18)12-9(3)17(16-15-12)7-11-14-8(2)10(4)20-11/h5H,1,6-7H2,2-4H3. The summed E-state index contributed by atoms with van der Waals surface area (Å²) >= 11 is 1.62. The molecule has 0 amide bonds. The summed E-state index contributed by atoms with van der Waals surface area (Å²) in [4.78, 5) is 17.4. The highest BCUT2D eigenvalue weighted by molar-refractivity contribution is 7.11. The Morgan fingerprint density at radius 2 is 2.20 bits per heavy atom. The van der Waals surface area contributed by atoms with E-state index in [0.717, 1.165) is 10.7 Å². The van der Waals surface area contributed by atoms with Crippen molar-refractivity contribution in [2.75, 3.05) is 6.61 Å². The molecule has 0 bridgehead atoms. The first kappa shape index (κ1) is 14.4. The molecule has 2 aromatic heterocycles. The lowest BCUT2D eigenvalue weighted by atomic mass is 10.3. The number of carbonyl (C=O) groups is 1. The van der Waals surface area contributed by atoms with Crippen molar-refractivity contribution in [2.24, 2.45) is 0 Å². The molecule has 0 atom stereocenters. The Labute approximate surface area is 121 Å². The second kappa shape index (κ2) is 5.96. The zero-order valence-corrected chi connectivity index (χ0v) is 12.5. The van der Waals surface area contributed by atoms with Crippen LogP contribution in [-0.4, -0.2) is 32.6 Å². The van der Waals surface area contributed by atoms with Crippen LogP contribution in [0.2, 0.25) is 0 Å². The molecule has 0 aliphatic carbocycles. The van der Waals surface area contributed by atoms with Gasteiger partial charge >= 0.3 is 5.97 Å². The van der Waals surface area contributed by atoms with E-state index in [4.69, 9.17) is 4.74 Å². The van der Waals surface area contributed by atoms with Crippen LogP contribution in [0.1, 0.15) is 31.8 Å². The van der Waals surface area contributed by atoms with E-state index < -0.39 is 5.97 Å². The number of ether oxygens (including phenoxy) is 1. The van der Waals surface area contributed by atoms with Crippen molar-refractivity contribution in [3.05, 3.63) is 39.6 Å². The number of hydrogen-bond acceptors (Lipinski definition) is 6. The lowest BCUT2D eigenvalue weighted by molar-refractivity contribution is 0.0542. The van der Waals surface area contributed by atoms with Gasteiger partial charge in [0.05, 0.1) is 17.9 Å². The van der Waals surface area contributed by atoms with Gasteiger partial charge < -0.3 is 4.74 Å². The van der Waals surface area contributed by atoms with Gasteiger partial charge in [-0.1, -0.05) is 17.9 Å². The highest BCUT2D eigenvalue weighted by Crippen LogP contribution is 2.18. The first-order valence-corrected chi connectivity index (χ1v) is 6.95. The third kappa shape index (κ3) is 2.93. The lowest BCUT2D eigenvalue weighted by Gasteiger charge is -2.01. The Kier molecular flexibility index (Phi) is 4.29. The van der Waals surface area contributed by atoms with Crippen LogP contribution < -0.4 is 0 Å². The van der Waals surface area contributed by atoms with E-state index in [1.165, 1.54) is 11.0 Å². The number of nitrogens with zero attached hydrogens (tertiary/aromatic N) is 4. The molecule has 0 radical (unpaired) electrons. The Bertz CT molecular complexity index is 625. The van der Waals surface area contributed by atoms with Crippen molar-refractivity contribution in [3.8, 4) is 0 Å². The van der Waals surface area contributed by atoms with Gasteiger partial charge in [-0.15, -0.1) is 16.4 Å². The Hall–Kier alpha value is -2.02. The topological polar surface area (TPSA) is 69.9 Å². The average Bonchev–Trinajstić information content (AvgIpc) is 2.92. The lowest BCUT2D eigenvalue weighted by Crippen LogP contribution is -2.09. The summed E-state index contributed by atoms with van der Waals surface area (Å²) in [6.45, 7) is 9.96. The van der Waals surface area contributed by atoms with Crippen LogP contribution in [0.4, 0.5) is 0 Å². The molecule has 0 spiro atoms. The molecule has 0 saturated heterocycles. The van der Waals surface area contributed by atoms with Crippen molar-refractivity contribution in [1.29, 1.82) is 0 Å². The molecule has 6 nitrogen and oxygen atoms in total. The van der Waals surface area contributed by atoms with E-state index in [0.29, 0.717) is 12.2 Å². The van der Waals surface area contributed by atoms with Crippen molar-refractivity contribution < 1.29 is 9.53 Å². The summed E-state index contributed by atoms with van der Waals surface area (Å²) < 4.78 is 6.61. The molecular formula is C13H16N4O2S. The fourth-order valence-corrected chi connectivity index (χ4v) is 2.55. The van der Waals surface area contributed by atoms with Crippen LogP contribution in [0.5, 0.6) is 0 Å². The molecule has 0 unspecified atom stereocenters. The molecule has 7 heteroatoms. The largest absolute Gasteiger partial charge is 0.457 e. The number of esters is 1. The molecule has 0 saturated carbocycles. The Morgan fingerprint density at radius 1 is 1.45 bits per heavy atom. The first-order valence-electron chi connectivity index (χ1n) is 6.14. The SMILES string of the molecule is C=CCOC(=O)c1nnn(Cc2nc(C)c(C)s2)c1C. The van der Waals surface area contributed by atoms with Gasteiger partial charge in [0.1, 0.15) is 11.6 Å². The number of carbonyl (C=O) groups excluding carboxylic acids is 1. The van der Waals surface area contributed by atoms with Crippen LogP contribution in [0.25, 0.3) is 0 Å². The fraction of sp³-hybridized carbons (Fsp3) is 0.385. The molecule has 0 aliphatic rings.